The molecule has 0 aromatic heterocycles. The van der Waals surface area contributed by atoms with Crippen molar-refractivity contribution in [2.75, 3.05) is 13.2 Å². The summed E-state index contributed by atoms with van der Waals surface area (Å²) in [5, 5.41) is 8.79. The maximum atomic E-state index is 11.9. The molecule has 3 nitrogen and oxygen atoms in total. The first kappa shape index (κ1) is 46.4. The normalized spacial score (nSPS) is 11.4. The van der Waals surface area contributed by atoms with Crippen molar-refractivity contribution in [1.29, 1.82) is 0 Å². The second-order valence-electron chi connectivity index (χ2n) is 15.1. The zero-order valence-electron chi connectivity index (χ0n) is 32.5. The number of rotatable bonds is 42. The van der Waals surface area contributed by atoms with Gasteiger partial charge in [-0.25, -0.2) is 0 Å². The quantitative estimate of drug-likeness (QED) is 0.0522. The van der Waals surface area contributed by atoms with Gasteiger partial charge in [-0.1, -0.05) is 238 Å². The second kappa shape index (κ2) is 43.5. The molecule has 0 saturated carbocycles. The number of hydrogen-bond acceptors (Lipinski definition) is 3. The SMILES string of the molecule is CCCCCCCCCCCCCCCCCCCCCCCCCCCCCCOC(=O)CCCCCCCCCCCCCO. The zero-order valence-corrected chi connectivity index (χ0v) is 32.5. The standard InChI is InChI=1S/C44H88O3/c1-2-3-4-5-6-7-8-9-10-11-12-13-14-15-16-17-18-19-20-21-22-23-24-28-31-34-37-40-43-47-44(46)41-38-35-32-29-26-25-27-30-33-36-39-42-45/h45H,2-43H2,1H3. The summed E-state index contributed by atoms with van der Waals surface area (Å²) in [5.74, 6) is 0.0119. The van der Waals surface area contributed by atoms with Crippen LogP contribution in [0.4, 0.5) is 0 Å². The Labute approximate surface area is 297 Å². The number of aliphatic hydroxyl groups excluding tert-OH is 1. The molecule has 3 heteroatoms. The molecule has 0 atom stereocenters. The summed E-state index contributed by atoms with van der Waals surface area (Å²) in [7, 11) is 0. The highest BCUT2D eigenvalue weighted by Crippen LogP contribution is 2.17. The van der Waals surface area contributed by atoms with Gasteiger partial charge < -0.3 is 9.84 Å². The summed E-state index contributed by atoms with van der Waals surface area (Å²) in [6.45, 7) is 3.26. The Bertz CT molecular complexity index is 562. The lowest BCUT2D eigenvalue weighted by atomic mass is 10.0. The molecule has 0 bridgehead atoms. The molecular weight excluding hydrogens is 576 g/mol. The first-order valence-corrected chi connectivity index (χ1v) is 22.1. The summed E-state index contributed by atoms with van der Waals surface area (Å²) in [5.41, 5.74) is 0. The van der Waals surface area contributed by atoms with Gasteiger partial charge in [0.15, 0.2) is 0 Å². The highest BCUT2D eigenvalue weighted by Gasteiger charge is 2.03. The molecule has 0 amide bonds. The average Bonchev–Trinajstić information content (AvgIpc) is 3.08. The zero-order chi connectivity index (χ0) is 34.0. The Balaban J connectivity index is 3.12. The van der Waals surface area contributed by atoms with Gasteiger partial charge in [0.05, 0.1) is 6.61 Å². The molecule has 0 fully saturated rings. The van der Waals surface area contributed by atoms with E-state index in [9.17, 15) is 4.79 Å². The molecule has 0 aliphatic rings. The molecule has 0 unspecified atom stereocenters. The van der Waals surface area contributed by atoms with Crippen molar-refractivity contribution >= 4 is 5.97 Å². The number of ether oxygens (including phenoxy) is 1. The summed E-state index contributed by atoms with van der Waals surface area (Å²) in [6, 6.07) is 0. The van der Waals surface area contributed by atoms with Crippen LogP contribution in [0.3, 0.4) is 0 Å². The van der Waals surface area contributed by atoms with E-state index in [-0.39, 0.29) is 5.97 Å². The van der Waals surface area contributed by atoms with E-state index in [2.05, 4.69) is 6.92 Å². The largest absolute Gasteiger partial charge is 0.466 e. The van der Waals surface area contributed by atoms with Crippen LogP contribution in [0.1, 0.15) is 264 Å². The van der Waals surface area contributed by atoms with Crippen LogP contribution in [0.25, 0.3) is 0 Å². The smallest absolute Gasteiger partial charge is 0.305 e. The molecule has 0 heterocycles. The van der Waals surface area contributed by atoms with Gasteiger partial charge in [-0.2, -0.15) is 0 Å². The Morgan fingerprint density at radius 2 is 0.574 bits per heavy atom. The highest BCUT2D eigenvalue weighted by atomic mass is 16.5. The molecule has 0 aliphatic heterocycles. The maximum absolute atomic E-state index is 11.9. The molecule has 1 N–H and O–H groups in total. The molecule has 0 saturated heterocycles. The van der Waals surface area contributed by atoms with E-state index in [4.69, 9.17) is 9.84 Å². The van der Waals surface area contributed by atoms with Gasteiger partial charge >= 0.3 is 5.97 Å². The predicted octanol–water partition coefficient (Wildman–Crippen LogP) is 15.1. The Morgan fingerprint density at radius 3 is 0.851 bits per heavy atom. The number of unbranched alkanes of at least 4 members (excludes halogenated alkanes) is 37. The van der Waals surface area contributed by atoms with Crippen LogP contribution in [-0.2, 0) is 9.53 Å². The number of esters is 1. The van der Waals surface area contributed by atoms with Gasteiger partial charge in [0.1, 0.15) is 0 Å². The molecule has 282 valence electrons. The van der Waals surface area contributed by atoms with E-state index in [0.29, 0.717) is 19.6 Å². The first-order chi connectivity index (χ1) is 23.3. The third-order valence-electron chi connectivity index (χ3n) is 10.3. The third-order valence-corrected chi connectivity index (χ3v) is 10.3. The Kier molecular flexibility index (Phi) is 42.9. The monoisotopic (exact) mass is 665 g/mol. The Hall–Kier alpha value is -0.570. The molecular formula is C44H88O3. The topological polar surface area (TPSA) is 46.5 Å². The van der Waals surface area contributed by atoms with E-state index >= 15 is 0 Å². The van der Waals surface area contributed by atoms with E-state index in [0.717, 1.165) is 25.7 Å². The molecule has 0 aromatic carbocycles. The van der Waals surface area contributed by atoms with Crippen molar-refractivity contribution in [2.45, 2.75) is 264 Å². The fraction of sp³-hybridized carbons (Fsp3) is 0.977. The minimum absolute atomic E-state index is 0.0119. The van der Waals surface area contributed by atoms with Gasteiger partial charge in [-0.15, -0.1) is 0 Å². The van der Waals surface area contributed by atoms with Crippen LogP contribution in [0, 0.1) is 0 Å². The van der Waals surface area contributed by atoms with E-state index in [1.165, 1.54) is 225 Å². The van der Waals surface area contributed by atoms with Crippen LogP contribution in [0.5, 0.6) is 0 Å². The van der Waals surface area contributed by atoms with Crippen LogP contribution < -0.4 is 0 Å². The number of carbonyl (C=O) groups excluding carboxylic acids is 1. The fourth-order valence-corrected chi connectivity index (χ4v) is 7.00. The molecule has 0 aromatic rings. The predicted molar refractivity (Wildman–Crippen MR) is 208 cm³/mol. The summed E-state index contributed by atoms with van der Waals surface area (Å²) in [4.78, 5) is 11.9. The van der Waals surface area contributed by atoms with E-state index in [1.807, 2.05) is 0 Å². The Morgan fingerprint density at radius 1 is 0.340 bits per heavy atom. The van der Waals surface area contributed by atoms with E-state index in [1.54, 1.807) is 0 Å². The lowest BCUT2D eigenvalue weighted by molar-refractivity contribution is -0.143. The van der Waals surface area contributed by atoms with E-state index < -0.39 is 0 Å². The van der Waals surface area contributed by atoms with Crippen molar-refractivity contribution in [1.82, 2.24) is 0 Å². The van der Waals surface area contributed by atoms with Gasteiger partial charge in [0.25, 0.3) is 0 Å². The second-order valence-corrected chi connectivity index (χ2v) is 15.1. The van der Waals surface area contributed by atoms with Crippen LogP contribution in [0.15, 0.2) is 0 Å². The maximum Gasteiger partial charge on any atom is 0.305 e. The first-order valence-electron chi connectivity index (χ1n) is 22.1. The van der Waals surface area contributed by atoms with Crippen molar-refractivity contribution in [2.24, 2.45) is 0 Å². The summed E-state index contributed by atoms with van der Waals surface area (Å²) in [6.07, 6.45) is 53.7. The molecule has 0 radical (unpaired) electrons. The van der Waals surface area contributed by atoms with Gasteiger partial charge in [-0.05, 0) is 19.3 Å². The van der Waals surface area contributed by atoms with Gasteiger partial charge in [0.2, 0.25) is 0 Å². The van der Waals surface area contributed by atoms with Gasteiger partial charge in [-0.3, -0.25) is 4.79 Å². The minimum Gasteiger partial charge on any atom is -0.466 e. The molecule has 0 rings (SSSR count). The van der Waals surface area contributed by atoms with Crippen molar-refractivity contribution in [3.63, 3.8) is 0 Å². The van der Waals surface area contributed by atoms with Crippen molar-refractivity contribution < 1.29 is 14.6 Å². The van der Waals surface area contributed by atoms with Crippen molar-refractivity contribution in [3.8, 4) is 0 Å². The third kappa shape index (κ3) is 43.4. The van der Waals surface area contributed by atoms with Crippen LogP contribution in [-0.4, -0.2) is 24.3 Å². The molecule has 0 aliphatic carbocycles. The highest BCUT2D eigenvalue weighted by molar-refractivity contribution is 5.69. The van der Waals surface area contributed by atoms with Crippen molar-refractivity contribution in [3.05, 3.63) is 0 Å². The van der Waals surface area contributed by atoms with Crippen LogP contribution in [0.2, 0.25) is 0 Å². The number of hydrogen-bond donors (Lipinski definition) is 1. The molecule has 0 spiro atoms. The summed E-state index contributed by atoms with van der Waals surface area (Å²) >= 11 is 0. The number of aliphatic hydroxyl groups is 1. The number of carbonyl (C=O) groups is 1. The minimum atomic E-state index is 0.0119. The van der Waals surface area contributed by atoms with Crippen LogP contribution >= 0.6 is 0 Å². The van der Waals surface area contributed by atoms with Gasteiger partial charge in [0, 0.05) is 13.0 Å². The average molecular weight is 665 g/mol. The lowest BCUT2D eigenvalue weighted by Gasteiger charge is -2.06. The lowest BCUT2D eigenvalue weighted by Crippen LogP contribution is -2.05. The molecule has 47 heavy (non-hydrogen) atoms. The fourth-order valence-electron chi connectivity index (χ4n) is 7.00. The summed E-state index contributed by atoms with van der Waals surface area (Å²) < 4.78 is 5.45.